The number of sulfonamides is 1. The van der Waals surface area contributed by atoms with E-state index in [0.29, 0.717) is 28.6 Å². The second-order valence-electron chi connectivity index (χ2n) is 6.56. The Morgan fingerprint density at radius 3 is 2.61 bits per heavy atom. The van der Waals surface area contributed by atoms with E-state index in [4.69, 9.17) is 23.2 Å². The summed E-state index contributed by atoms with van der Waals surface area (Å²) < 4.78 is 28.0. The van der Waals surface area contributed by atoms with E-state index >= 15 is 0 Å². The Bertz CT molecular complexity index is 1120. The van der Waals surface area contributed by atoms with Gasteiger partial charge in [-0.15, -0.1) is 0 Å². The molecule has 0 radical (unpaired) electrons. The lowest BCUT2D eigenvalue weighted by Crippen LogP contribution is -2.32. The molecule has 5 nitrogen and oxygen atoms in total. The number of hydrogen-bond donors (Lipinski definition) is 1. The maximum absolute atomic E-state index is 12.3. The van der Waals surface area contributed by atoms with Crippen LogP contribution in [-0.2, 0) is 16.6 Å². The van der Waals surface area contributed by atoms with Crippen molar-refractivity contribution in [2.75, 3.05) is 5.75 Å². The average molecular weight is 439 g/mol. The third-order valence-corrected chi connectivity index (χ3v) is 6.31. The summed E-state index contributed by atoms with van der Waals surface area (Å²) in [6.45, 7) is 2.45. The molecule has 0 aliphatic rings. The highest BCUT2D eigenvalue weighted by atomic mass is 35.5. The Balaban J connectivity index is 1.81. The van der Waals surface area contributed by atoms with E-state index in [1.165, 1.54) is 0 Å². The number of nitrogens with zero attached hydrogens (tertiary/aromatic N) is 1. The minimum atomic E-state index is -3.62. The normalized spacial score (nSPS) is 11.7. The Morgan fingerprint density at radius 2 is 1.89 bits per heavy atom. The average Bonchev–Trinajstić information content (AvgIpc) is 3.04. The molecule has 0 aliphatic carbocycles. The first-order valence-electron chi connectivity index (χ1n) is 8.86. The molecule has 1 N–H and O–H groups in total. The summed E-state index contributed by atoms with van der Waals surface area (Å²) >= 11 is 12.2. The van der Waals surface area contributed by atoms with Crippen molar-refractivity contribution in [2.24, 2.45) is 0 Å². The van der Waals surface area contributed by atoms with E-state index in [2.05, 4.69) is 4.72 Å². The molecule has 0 aliphatic heterocycles. The topological polar surface area (TPSA) is 68.2 Å². The molecule has 2 aromatic carbocycles. The number of hydrogen-bond acceptors (Lipinski definition) is 3. The van der Waals surface area contributed by atoms with E-state index in [-0.39, 0.29) is 5.75 Å². The van der Waals surface area contributed by atoms with E-state index in [9.17, 15) is 13.2 Å². The number of carbonyl (C=O) groups is 1. The van der Waals surface area contributed by atoms with E-state index in [0.717, 1.165) is 22.9 Å². The molecule has 3 aromatic rings. The molecule has 8 heteroatoms. The van der Waals surface area contributed by atoms with Crippen molar-refractivity contribution in [3.8, 4) is 0 Å². The lowest BCUT2D eigenvalue weighted by atomic mass is 10.1. The fourth-order valence-corrected chi connectivity index (χ4v) is 4.54. The van der Waals surface area contributed by atoms with Crippen LogP contribution in [-0.4, -0.2) is 24.6 Å². The molecular formula is C20H20Cl2N2O3S. The van der Waals surface area contributed by atoms with Crippen LogP contribution in [0, 0.1) is 0 Å². The summed E-state index contributed by atoms with van der Waals surface area (Å²) in [5, 5.41) is 2.00. The number of amides is 1. The predicted octanol–water partition coefficient (Wildman–Crippen LogP) is 4.86. The van der Waals surface area contributed by atoms with Crippen molar-refractivity contribution in [3.63, 3.8) is 0 Å². The van der Waals surface area contributed by atoms with E-state index in [1.54, 1.807) is 30.3 Å². The second kappa shape index (κ2) is 8.55. The van der Waals surface area contributed by atoms with Gasteiger partial charge in [0.2, 0.25) is 10.0 Å². The van der Waals surface area contributed by atoms with Crippen molar-refractivity contribution >= 4 is 50.0 Å². The zero-order chi connectivity index (χ0) is 20.3. The van der Waals surface area contributed by atoms with Crippen LogP contribution >= 0.6 is 23.2 Å². The van der Waals surface area contributed by atoms with Crippen molar-refractivity contribution in [3.05, 3.63) is 69.8 Å². The monoisotopic (exact) mass is 438 g/mol. The summed E-state index contributed by atoms with van der Waals surface area (Å²) in [6, 6.07) is 12.3. The predicted molar refractivity (Wildman–Crippen MR) is 114 cm³/mol. The van der Waals surface area contributed by atoms with Crippen molar-refractivity contribution in [2.45, 2.75) is 26.3 Å². The molecule has 0 saturated heterocycles. The lowest BCUT2D eigenvalue weighted by molar-refractivity contribution is 0.0981. The molecule has 0 spiro atoms. The van der Waals surface area contributed by atoms with Crippen LogP contribution in [0.25, 0.3) is 10.9 Å². The molecule has 28 heavy (non-hydrogen) atoms. The summed E-state index contributed by atoms with van der Waals surface area (Å²) in [4.78, 5) is 12.3. The molecule has 0 saturated carbocycles. The van der Waals surface area contributed by atoms with Crippen LogP contribution in [0.2, 0.25) is 10.0 Å². The van der Waals surface area contributed by atoms with Crippen molar-refractivity contribution in [1.29, 1.82) is 0 Å². The number of fused-ring (bicyclic) bond motifs is 1. The Morgan fingerprint density at radius 1 is 1.11 bits per heavy atom. The number of unbranched alkanes of at least 4 members (excludes halogenated alkanes) is 1. The molecule has 1 aromatic heterocycles. The van der Waals surface area contributed by atoms with Crippen LogP contribution in [0.1, 0.15) is 35.7 Å². The second-order valence-corrected chi connectivity index (χ2v) is 9.24. The maximum Gasteiger partial charge on any atom is 0.264 e. The van der Waals surface area contributed by atoms with E-state index < -0.39 is 15.9 Å². The Hall–Kier alpha value is -2.02. The summed E-state index contributed by atoms with van der Waals surface area (Å²) in [7, 11) is -3.62. The third-order valence-electron chi connectivity index (χ3n) is 4.40. The van der Waals surface area contributed by atoms with Gasteiger partial charge < -0.3 is 4.57 Å². The number of rotatable bonds is 7. The van der Waals surface area contributed by atoms with Gasteiger partial charge >= 0.3 is 0 Å². The highest BCUT2D eigenvalue weighted by molar-refractivity contribution is 7.90. The van der Waals surface area contributed by atoms with Gasteiger partial charge in [0.15, 0.2) is 0 Å². The Labute approximate surface area is 174 Å². The molecule has 1 heterocycles. The van der Waals surface area contributed by atoms with Crippen LogP contribution in [0.3, 0.4) is 0 Å². The van der Waals surface area contributed by atoms with Crippen LogP contribution in [0.5, 0.6) is 0 Å². The zero-order valence-corrected chi connectivity index (χ0v) is 17.6. The molecule has 148 valence electrons. The van der Waals surface area contributed by atoms with E-state index in [1.807, 2.05) is 29.8 Å². The number of halogens is 2. The molecule has 1 amide bonds. The number of nitrogens with one attached hydrogen (secondary N) is 1. The number of carbonyl (C=O) groups excluding carboxylic acids is 1. The number of aromatic nitrogens is 1. The van der Waals surface area contributed by atoms with Gasteiger partial charge in [0.05, 0.1) is 5.75 Å². The first-order chi connectivity index (χ1) is 13.3. The van der Waals surface area contributed by atoms with Gasteiger partial charge in [0.1, 0.15) is 0 Å². The molecule has 0 atom stereocenters. The first kappa shape index (κ1) is 20.7. The van der Waals surface area contributed by atoms with Crippen molar-refractivity contribution < 1.29 is 13.2 Å². The smallest absolute Gasteiger partial charge is 0.264 e. The molecule has 0 fully saturated rings. The summed E-state index contributed by atoms with van der Waals surface area (Å²) in [5.74, 6) is -0.679. The number of benzene rings is 2. The fraction of sp³-hybridized carbons (Fsp3) is 0.250. The standard InChI is InChI=1S/C20H20Cl2N2O3S/c1-2-3-10-28(26,27)23-20(25)15-5-7-19-14(11-15)8-9-24(19)13-16-4-6-17(21)12-18(16)22/h4-9,11-12H,2-3,10,13H2,1H3,(H,23,25). The van der Waals surface area contributed by atoms with Crippen LogP contribution in [0.15, 0.2) is 48.7 Å². The fourth-order valence-electron chi connectivity index (χ4n) is 2.90. The third kappa shape index (κ3) is 4.87. The van der Waals surface area contributed by atoms with Gasteiger partial charge in [-0.1, -0.05) is 42.6 Å². The highest BCUT2D eigenvalue weighted by Gasteiger charge is 2.16. The minimum absolute atomic E-state index is 0.0598. The Kier molecular flexibility index (Phi) is 6.33. The first-order valence-corrected chi connectivity index (χ1v) is 11.3. The van der Waals surface area contributed by atoms with Gasteiger partial charge in [0.25, 0.3) is 5.91 Å². The lowest BCUT2D eigenvalue weighted by Gasteiger charge is -2.09. The summed E-state index contributed by atoms with van der Waals surface area (Å²) in [6.07, 6.45) is 3.15. The van der Waals surface area contributed by atoms with Crippen LogP contribution in [0.4, 0.5) is 0 Å². The zero-order valence-electron chi connectivity index (χ0n) is 15.3. The van der Waals surface area contributed by atoms with Gasteiger partial charge in [-0.2, -0.15) is 0 Å². The maximum atomic E-state index is 12.3. The minimum Gasteiger partial charge on any atom is -0.343 e. The SMILES string of the molecule is CCCCS(=O)(=O)NC(=O)c1ccc2c(ccn2Cc2ccc(Cl)cc2Cl)c1. The van der Waals surface area contributed by atoms with Gasteiger partial charge in [-0.05, 0) is 48.4 Å². The quantitative estimate of drug-likeness (QED) is 0.572. The van der Waals surface area contributed by atoms with Gasteiger partial charge in [-0.3, -0.25) is 4.79 Å². The molecule has 3 rings (SSSR count). The largest absolute Gasteiger partial charge is 0.343 e. The van der Waals surface area contributed by atoms with Crippen LogP contribution < -0.4 is 4.72 Å². The van der Waals surface area contributed by atoms with Gasteiger partial charge in [0, 0.05) is 39.3 Å². The molecule has 0 unspecified atom stereocenters. The van der Waals surface area contributed by atoms with Crippen molar-refractivity contribution in [1.82, 2.24) is 9.29 Å². The summed E-state index contributed by atoms with van der Waals surface area (Å²) in [5.41, 5.74) is 2.14. The van der Waals surface area contributed by atoms with Gasteiger partial charge in [-0.25, -0.2) is 13.1 Å². The molecular weight excluding hydrogens is 419 g/mol. The molecule has 0 bridgehead atoms. The highest BCUT2D eigenvalue weighted by Crippen LogP contribution is 2.24.